The van der Waals surface area contributed by atoms with Crippen molar-refractivity contribution >= 4 is 21.4 Å². The van der Waals surface area contributed by atoms with Gasteiger partial charge in [-0.1, -0.05) is 6.07 Å². The lowest BCUT2D eigenvalue weighted by Gasteiger charge is -2.45. The lowest BCUT2D eigenvalue weighted by molar-refractivity contribution is 0.0975. The molecule has 6 nitrogen and oxygen atoms in total. The molecule has 5 N–H and O–H groups in total. The van der Waals surface area contributed by atoms with Gasteiger partial charge in [-0.3, -0.25) is 0 Å². The summed E-state index contributed by atoms with van der Waals surface area (Å²) < 4.78 is 23.0. The quantitative estimate of drug-likeness (QED) is 0.702. The summed E-state index contributed by atoms with van der Waals surface area (Å²) in [5.74, 6) is 0.637. The lowest BCUT2D eigenvalue weighted by Crippen LogP contribution is -2.53. The number of nitrogens with two attached hydrogens (primary N) is 2. The number of primary sulfonamides is 1. The Bertz CT molecular complexity index is 609. The van der Waals surface area contributed by atoms with Crippen molar-refractivity contribution in [1.82, 2.24) is 4.90 Å². The summed E-state index contributed by atoms with van der Waals surface area (Å²) in [6.07, 6.45) is 2.37. The van der Waals surface area contributed by atoms with Crippen LogP contribution < -0.4 is 16.2 Å². The minimum atomic E-state index is -3.78. The van der Waals surface area contributed by atoms with E-state index in [1.807, 2.05) is 6.07 Å². The van der Waals surface area contributed by atoms with Crippen molar-refractivity contribution in [1.29, 1.82) is 0 Å². The van der Waals surface area contributed by atoms with Crippen LogP contribution in [0.4, 0.5) is 11.4 Å². The van der Waals surface area contributed by atoms with Crippen LogP contribution in [0.3, 0.4) is 0 Å². The highest BCUT2D eigenvalue weighted by Crippen LogP contribution is 2.32. The SMILES string of the molecule is Nc1c(NC2CN3CCC2CC3)cccc1S(N)(=O)=O. The number of sulfonamides is 1. The van der Waals surface area contributed by atoms with E-state index in [0.717, 1.165) is 19.6 Å². The molecule has 3 fully saturated rings. The molecule has 20 heavy (non-hydrogen) atoms. The molecule has 3 heterocycles. The van der Waals surface area contributed by atoms with Crippen LogP contribution in [0.1, 0.15) is 12.8 Å². The van der Waals surface area contributed by atoms with E-state index in [4.69, 9.17) is 10.9 Å². The zero-order valence-corrected chi connectivity index (χ0v) is 12.1. The van der Waals surface area contributed by atoms with Crippen LogP contribution in [0, 0.1) is 5.92 Å². The van der Waals surface area contributed by atoms with Gasteiger partial charge in [0.15, 0.2) is 0 Å². The summed E-state index contributed by atoms with van der Waals surface area (Å²) in [5, 5.41) is 8.58. The van der Waals surface area contributed by atoms with Crippen LogP contribution in [0.15, 0.2) is 23.1 Å². The second-order valence-electron chi connectivity index (χ2n) is 5.65. The van der Waals surface area contributed by atoms with Gasteiger partial charge < -0.3 is 16.0 Å². The van der Waals surface area contributed by atoms with Crippen LogP contribution >= 0.6 is 0 Å². The van der Waals surface area contributed by atoms with Crippen LogP contribution in [0.2, 0.25) is 0 Å². The predicted octanol–water partition coefficient (Wildman–Crippen LogP) is 0.422. The molecule has 1 aromatic carbocycles. The summed E-state index contributed by atoms with van der Waals surface area (Å²) in [6.45, 7) is 3.31. The van der Waals surface area contributed by atoms with Crippen molar-refractivity contribution in [2.45, 2.75) is 23.8 Å². The Hall–Kier alpha value is -1.31. The zero-order valence-electron chi connectivity index (χ0n) is 11.2. The maximum Gasteiger partial charge on any atom is 0.240 e. The number of piperidine rings is 3. The monoisotopic (exact) mass is 296 g/mol. The number of nitrogen functional groups attached to an aromatic ring is 1. The molecule has 0 spiro atoms. The maximum atomic E-state index is 11.5. The first-order chi connectivity index (χ1) is 9.45. The van der Waals surface area contributed by atoms with Crippen molar-refractivity contribution in [3.05, 3.63) is 18.2 Å². The Morgan fingerprint density at radius 2 is 1.95 bits per heavy atom. The molecular weight excluding hydrogens is 276 g/mol. The second kappa shape index (κ2) is 4.91. The van der Waals surface area contributed by atoms with Crippen LogP contribution in [0.5, 0.6) is 0 Å². The molecule has 3 aliphatic rings. The molecule has 3 aliphatic heterocycles. The Balaban J connectivity index is 1.85. The maximum absolute atomic E-state index is 11.5. The molecule has 4 rings (SSSR count). The summed E-state index contributed by atoms with van der Waals surface area (Å²) in [6, 6.07) is 5.24. The van der Waals surface area contributed by atoms with Crippen molar-refractivity contribution < 1.29 is 8.42 Å². The minimum Gasteiger partial charge on any atom is -0.396 e. The van der Waals surface area contributed by atoms with Gasteiger partial charge in [0.05, 0.1) is 11.4 Å². The van der Waals surface area contributed by atoms with Crippen molar-refractivity contribution in [2.24, 2.45) is 11.1 Å². The highest BCUT2D eigenvalue weighted by Gasteiger charge is 2.34. The van der Waals surface area contributed by atoms with Gasteiger partial charge in [0.2, 0.25) is 10.0 Å². The third-order valence-corrected chi connectivity index (χ3v) is 5.34. The topological polar surface area (TPSA) is 101 Å². The predicted molar refractivity (Wildman–Crippen MR) is 78.8 cm³/mol. The molecule has 1 unspecified atom stereocenters. The van der Waals surface area contributed by atoms with E-state index in [0.29, 0.717) is 17.6 Å². The summed E-state index contributed by atoms with van der Waals surface area (Å²) >= 11 is 0. The first kappa shape index (κ1) is 13.7. The van der Waals surface area contributed by atoms with Gasteiger partial charge in [-0.25, -0.2) is 13.6 Å². The smallest absolute Gasteiger partial charge is 0.240 e. The fraction of sp³-hybridized carbons (Fsp3) is 0.538. The van der Waals surface area contributed by atoms with Gasteiger partial charge in [0.1, 0.15) is 4.90 Å². The van der Waals surface area contributed by atoms with E-state index in [9.17, 15) is 8.42 Å². The van der Waals surface area contributed by atoms with Crippen LogP contribution in [0.25, 0.3) is 0 Å². The van der Waals surface area contributed by atoms with E-state index in [-0.39, 0.29) is 10.6 Å². The molecule has 110 valence electrons. The fourth-order valence-corrected chi connectivity index (χ4v) is 3.93. The van der Waals surface area contributed by atoms with Gasteiger partial charge in [-0.05, 0) is 44.0 Å². The molecule has 1 aromatic rings. The number of para-hydroxylation sites is 1. The average Bonchev–Trinajstić information content (AvgIpc) is 2.41. The van der Waals surface area contributed by atoms with Gasteiger partial charge in [-0.15, -0.1) is 0 Å². The Morgan fingerprint density at radius 3 is 2.50 bits per heavy atom. The first-order valence-corrected chi connectivity index (χ1v) is 8.40. The highest BCUT2D eigenvalue weighted by molar-refractivity contribution is 7.89. The summed E-state index contributed by atoms with van der Waals surface area (Å²) in [5.41, 5.74) is 6.83. The number of nitrogens with zero attached hydrogens (tertiary/aromatic N) is 1. The average molecular weight is 296 g/mol. The van der Waals surface area contributed by atoms with E-state index < -0.39 is 10.0 Å². The zero-order chi connectivity index (χ0) is 14.3. The first-order valence-electron chi connectivity index (χ1n) is 6.85. The lowest BCUT2D eigenvalue weighted by atomic mass is 9.84. The number of nitrogens with one attached hydrogen (secondary N) is 1. The molecule has 1 atom stereocenters. The number of benzene rings is 1. The molecule has 0 radical (unpaired) electrons. The van der Waals surface area contributed by atoms with Gasteiger partial charge >= 0.3 is 0 Å². The van der Waals surface area contributed by atoms with E-state index in [1.54, 1.807) is 6.07 Å². The minimum absolute atomic E-state index is 0.0104. The van der Waals surface area contributed by atoms with Crippen molar-refractivity contribution in [3.8, 4) is 0 Å². The normalized spacial score (nSPS) is 29.4. The third-order valence-electron chi connectivity index (χ3n) is 4.37. The number of rotatable bonds is 3. The van der Waals surface area contributed by atoms with Gasteiger partial charge in [0, 0.05) is 12.6 Å². The van der Waals surface area contributed by atoms with Gasteiger partial charge in [0.25, 0.3) is 0 Å². The summed E-state index contributed by atoms with van der Waals surface area (Å²) in [4.78, 5) is 2.42. The molecule has 3 saturated heterocycles. The van der Waals surface area contributed by atoms with Crippen molar-refractivity contribution in [2.75, 3.05) is 30.7 Å². The third kappa shape index (κ3) is 2.48. The van der Waals surface area contributed by atoms with Crippen molar-refractivity contribution in [3.63, 3.8) is 0 Å². The molecule has 0 aromatic heterocycles. The van der Waals surface area contributed by atoms with E-state index in [1.165, 1.54) is 18.9 Å². The van der Waals surface area contributed by atoms with E-state index >= 15 is 0 Å². The Kier molecular flexibility index (Phi) is 3.35. The van der Waals surface area contributed by atoms with Crippen LogP contribution in [-0.4, -0.2) is 39.0 Å². The summed E-state index contributed by atoms with van der Waals surface area (Å²) in [7, 11) is -3.78. The van der Waals surface area contributed by atoms with Gasteiger partial charge in [-0.2, -0.15) is 0 Å². The fourth-order valence-electron chi connectivity index (χ4n) is 3.25. The number of hydrogen-bond acceptors (Lipinski definition) is 5. The Morgan fingerprint density at radius 1 is 1.25 bits per heavy atom. The molecule has 0 aliphatic carbocycles. The number of fused-ring (bicyclic) bond motifs is 3. The molecule has 7 heteroatoms. The molecule has 0 amide bonds. The van der Waals surface area contributed by atoms with Crippen LogP contribution in [-0.2, 0) is 10.0 Å². The second-order valence-corrected chi connectivity index (χ2v) is 7.18. The van der Waals surface area contributed by atoms with E-state index in [2.05, 4.69) is 10.2 Å². The highest BCUT2D eigenvalue weighted by atomic mass is 32.2. The number of anilines is 2. The molecule has 0 saturated carbocycles. The molecular formula is C13H20N4O2S. The molecule has 2 bridgehead atoms. The standard InChI is InChI=1S/C13H20N4O2S/c14-13-10(2-1-3-12(13)20(15,18)19)16-11-8-17-6-4-9(11)5-7-17/h1-3,9,11,16H,4-8,14H2,(H2,15,18,19). The largest absolute Gasteiger partial charge is 0.396 e. The Labute approximate surface area is 119 Å². The number of hydrogen-bond donors (Lipinski definition) is 3.